The van der Waals surface area contributed by atoms with Crippen LogP contribution in [0.15, 0.2) is 4.99 Å². The van der Waals surface area contributed by atoms with Crippen molar-refractivity contribution in [2.75, 3.05) is 27.2 Å². The smallest absolute Gasteiger partial charge is 0.306 e. The number of rotatable bonds is 8. The van der Waals surface area contributed by atoms with Gasteiger partial charge in [-0.3, -0.25) is 9.79 Å². The molecule has 0 aromatic heterocycles. The molecular formula is C16H32IN3O2. The monoisotopic (exact) mass is 425 g/mol. The molecule has 0 unspecified atom stereocenters. The molecule has 130 valence electrons. The van der Waals surface area contributed by atoms with Crippen LogP contribution in [-0.2, 0) is 9.53 Å². The van der Waals surface area contributed by atoms with Crippen LogP contribution in [0, 0.1) is 0 Å². The van der Waals surface area contributed by atoms with E-state index in [4.69, 9.17) is 4.74 Å². The van der Waals surface area contributed by atoms with Crippen LogP contribution in [0.1, 0.15) is 58.3 Å². The lowest BCUT2D eigenvalue weighted by Crippen LogP contribution is -2.39. The Morgan fingerprint density at radius 2 is 2.00 bits per heavy atom. The lowest BCUT2D eigenvalue weighted by atomic mass is 10.3. The number of hydrogen-bond donors (Lipinski definition) is 1. The maximum Gasteiger partial charge on any atom is 0.306 e. The van der Waals surface area contributed by atoms with Crippen LogP contribution < -0.4 is 5.32 Å². The van der Waals surface area contributed by atoms with Crippen LogP contribution in [0.4, 0.5) is 0 Å². The van der Waals surface area contributed by atoms with Crippen molar-refractivity contribution in [1.29, 1.82) is 0 Å². The highest BCUT2D eigenvalue weighted by Gasteiger charge is 2.18. The lowest BCUT2D eigenvalue weighted by Gasteiger charge is -2.21. The first-order chi connectivity index (χ1) is 10.2. The number of guanidine groups is 1. The topological polar surface area (TPSA) is 53.9 Å². The molecule has 0 aromatic rings. The van der Waals surface area contributed by atoms with Crippen LogP contribution >= 0.6 is 24.0 Å². The van der Waals surface area contributed by atoms with Crippen molar-refractivity contribution in [3.05, 3.63) is 0 Å². The number of esters is 1. The number of hydrogen-bond acceptors (Lipinski definition) is 3. The summed E-state index contributed by atoms with van der Waals surface area (Å²) in [5.74, 6) is 0.839. The largest absolute Gasteiger partial charge is 0.462 e. The van der Waals surface area contributed by atoms with Crippen molar-refractivity contribution < 1.29 is 9.53 Å². The quantitative estimate of drug-likeness (QED) is 0.213. The Balaban J connectivity index is 0.00000441. The van der Waals surface area contributed by atoms with Crippen molar-refractivity contribution in [3.8, 4) is 0 Å². The zero-order valence-corrected chi connectivity index (χ0v) is 16.6. The van der Waals surface area contributed by atoms with E-state index in [0.717, 1.165) is 44.7 Å². The predicted octanol–water partition coefficient (Wildman–Crippen LogP) is 3.18. The maximum atomic E-state index is 11.7. The highest BCUT2D eigenvalue weighted by Crippen LogP contribution is 2.21. The third kappa shape index (κ3) is 8.80. The average molecular weight is 425 g/mol. The van der Waals surface area contributed by atoms with Crippen molar-refractivity contribution in [2.45, 2.75) is 64.4 Å². The van der Waals surface area contributed by atoms with Crippen LogP contribution in [0.25, 0.3) is 0 Å². The SMILES string of the molecule is CCCCN(C)C(=NC)NCCCC(=O)OC1CCCC1.I. The molecule has 1 rings (SSSR count). The number of carbonyl (C=O) groups excluding carboxylic acids is 1. The predicted molar refractivity (Wildman–Crippen MR) is 102 cm³/mol. The molecule has 1 saturated carbocycles. The normalized spacial score (nSPS) is 15.3. The van der Waals surface area contributed by atoms with E-state index in [2.05, 4.69) is 22.1 Å². The summed E-state index contributed by atoms with van der Waals surface area (Å²) in [5, 5.41) is 3.30. The number of ether oxygens (including phenoxy) is 1. The molecule has 1 fully saturated rings. The zero-order chi connectivity index (χ0) is 15.5. The van der Waals surface area contributed by atoms with Gasteiger partial charge in [-0.25, -0.2) is 0 Å². The molecule has 1 aliphatic carbocycles. The highest BCUT2D eigenvalue weighted by atomic mass is 127. The van der Waals surface area contributed by atoms with E-state index in [1.54, 1.807) is 7.05 Å². The van der Waals surface area contributed by atoms with Gasteiger partial charge in [0.2, 0.25) is 0 Å². The van der Waals surface area contributed by atoms with E-state index in [0.29, 0.717) is 6.42 Å². The van der Waals surface area contributed by atoms with Crippen molar-refractivity contribution in [2.24, 2.45) is 4.99 Å². The number of carbonyl (C=O) groups is 1. The van der Waals surface area contributed by atoms with Crippen LogP contribution in [-0.4, -0.2) is 50.1 Å². The van der Waals surface area contributed by atoms with Crippen molar-refractivity contribution in [3.63, 3.8) is 0 Å². The minimum Gasteiger partial charge on any atom is -0.462 e. The molecule has 0 saturated heterocycles. The first kappa shape index (κ1) is 21.5. The number of nitrogens with zero attached hydrogens (tertiary/aromatic N) is 2. The molecule has 0 aliphatic heterocycles. The Hall–Kier alpha value is -0.530. The first-order valence-electron chi connectivity index (χ1n) is 8.28. The minimum absolute atomic E-state index is 0. The zero-order valence-electron chi connectivity index (χ0n) is 14.3. The van der Waals surface area contributed by atoms with Crippen LogP contribution in [0.5, 0.6) is 0 Å². The van der Waals surface area contributed by atoms with E-state index < -0.39 is 0 Å². The first-order valence-corrected chi connectivity index (χ1v) is 8.28. The second-order valence-corrected chi connectivity index (χ2v) is 5.75. The fourth-order valence-electron chi connectivity index (χ4n) is 2.57. The van der Waals surface area contributed by atoms with E-state index >= 15 is 0 Å². The van der Waals surface area contributed by atoms with E-state index in [9.17, 15) is 4.79 Å². The number of aliphatic imine (C=N–C) groups is 1. The summed E-state index contributed by atoms with van der Waals surface area (Å²) < 4.78 is 5.44. The Bertz CT molecular complexity index is 331. The fourth-order valence-corrected chi connectivity index (χ4v) is 2.57. The molecule has 0 aromatic carbocycles. The number of nitrogens with one attached hydrogen (secondary N) is 1. The molecule has 0 amide bonds. The van der Waals surface area contributed by atoms with Gasteiger partial charge in [0.1, 0.15) is 6.10 Å². The van der Waals surface area contributed by atoms with E-state index in [-0.39, 0.29) is 36.0 Å². The van der Waals surface area contributed by atoms with Gasteiger partial charge >= 0.3 is 5.97 Å². The average Bonchev–Trinajstić information content (AvgIpc) is 2.97. The number of halogens is 1. The molecule has 22 heavy (non-hydrogen) atoms. The van der Waals surface area contributed by atoms with E-state index in [1.165, 1.54) is 19.3 Å². The Labute approximate surface area is 152 Å². The maximum absolute atomic E-state index is 11.7. The van der Waals surface area contributed by atoms with Gasteiger partial charge in [-0.05, 0) is 38.5 Å². The summed E-state index contributed by atoms with van der Waals surface area (Å²) in [5.41, 5.74) is 0. The van der Waals surface area contributed by atoms with Gasteiger partial charge in [-0.1, -0.05) is 13.3 Å². The number of unbranched alkanes of at least 4 members (excludes halogenated alkanes) is 1. The Morgan fingerprint density at radius 1 is 1.32 bits per heavy atom. The molecule has 0 heterocycles. The lowest BCUT2D eigenvalue weighted by molar-refractivity contribution is -0.148. The fraction of sp³-hybridized carbons (Fsp3) is 0.875. The van der Waals surface area contributed by atoms with Gasteiger partial charge in [0.05, 0.1) is 0 Å². The van der Waals surface area contributed by atoms with Gasteiger partial charge in [-0.2, -0.15) is 0 Å². The second-order valence-electron chi connectivity index (χ2n) is 5.75. The molecule has 1 N–H and O–H groups in total. The van der Waals surface area contributed by atoms with Crippen LogP contribution in [0.2, 0.25) is 0 Å². The molecule has 5 nitrogen and oxygen atoms in total. The van der Waals surface area contributed by atoms with Gasteiger partial charge in [-0.15, -0.1) is 24.0 Å². The van der Waals surface area contributed by atoms with Crippen molar-refractivity contribution >= 4 is 35.9 Å². The third-order valence-electron chi connectivity index (χ3n) is 3.86. The molecule has 6 heteroatoms. The summed E-state index contributed by atoms with van der Waals surface area (Å²) >= 11 is 0. The Morgan fingerprint density at radius 3 is 2.59 bits per heavy atom. The molecule has 0 spiro atoms. The molecule has 0 bridgehead atoms. The standard InChI is InChI=1S/C16H31N3O2.HI/c1-4-5-13-19(3)16(17-2)18-12-8-11-15(20)21-14-9-6-7-10-14;/h14H,4-13H2,1-3H3,(H,17,18);1H. The third-order valence-corrected chi connectivity index (χ3v) is 3.86. The molecule has 1 aliphatic rings. The van der Waals surface area contributed by atoms with Gasteiger partial charge in [0.25, 0.3) is 0 Å². The summed E-state index contributed by atoms with van der Waals surface area (Å²) in [6.07, 6.45) is 8.25. The summed E-state index contributed by atoms with van der Waals surface area (Å²) in [4.78, 5) is 18.1. The summed E-state index contributed by atoms with van der Waals surface area (Å²) in [6, 6.07) is 0. The van der Waals surface area contributed by atoms with Crippen LogP contribution in [0.3, 0.4) is 0 Å². The highest BCUT2D eigenvalue weighted by molar-refractivity contribution is 14.0. The molecule has 0 atom stereocenters. The van der Waals surface area contributed by atoms with Crippen molar-refractivity contribution in [1.82, 2.24) is 10.2 Å². The van der Waals surface area contributed by atoms with E-state index in [1.807, 2.05) is 7.05 Å². The van der Waals surface area contributed by atoms with Gasteiger partial charge in [0.15, 0.2) is 5.96 Å². The molecule has 0 radical (unpaired) electrons. The second kappa shape index (κ2) is 13.0. The van der Waals surface area contributed by atoms with Gasteiger partial charge < -0.3 is 15.0 Å². The minimum atomic E-state index is -0.0574. The summed E-state index contributed by atoms with van der Waals surface area (Å²) in [6.45, 7) is 3.93. The molecular weight excluding hydrogens is 393 g/mol. The van der Waals surface area contributed by atoms with Gasteiger partial charge in [0, 0.05) is 33.6 Å². The Kier molecular flexibility index (Phi) is 12.6. The summed E-state index contributed by atoms with van der Waals surface area (Å²) in [7, 11) is 3.83.